The smallest absolute Gasteiger partial charge is 0.410 e. The Balaban J connectivity index is 0.00000729. The van der Waals surface area contributed by atoms with E-state index < -0.39 is 5.60 Å². The molecule has 1 aliphatic heterocycles. The van der Waals surface area contributed by atoms with Crippen LogP contribution >= 0.6 is 24.0 Å². The maximum atomic E-state index is 12.0. The molecule has 8 nitrogen and oxygen atoms in total. The lowest BCUT2D eigenvalue weighted by Crippen LogP contribution is -2.52. The Morgan fingerprint density at radius 2 is 1.79 bits per heavy atom. The monoisotopic (exact) mass is 513 g/mol. The molecule has 0 unspecified atom stereocenters. The molecule has 0 aromatic rings. The minimum absolute atomic E-state index is 0. The van der Waals surface area contributed by atoms with Gasteiger partial charge >= 0.3 is 6.09 Å². The first kappa shape index (κ1) is 27.2. The molecule has 1 aliphatic rings. The average molecular weight is 513 g/mol. The van der Waals surface area contributed by atoms with Crippen LogP contribution in [-0.4, -0.2) is 92.5 Å². The molecule has 0 atom stereocenters. The predicted molar refractivity (Wildman–Crippen MR) is 125 cm³/mol. The van der Waals surface area contributed by atoms with Crippen molar-refractivity contribution in [2.24, 2.45) is 4.99 Å². The van der Waals surface area contributed by atoms with Crippen LogP contribution in [0.2, 0.25) is 0 Å². The zero-order chi connectivity index (χ0) is 20.5. The zero-order valence-electron chi connectivity index (χ0n) is 18.6. The number of ether oxygens (including phenoxy) is 2. The second kappa shape index (κ2) is 12.7. The third-order valence-electron chi connectivity index (χ3n) is 4.28. The lowest BCUT2D eigenvalue weighted by Gasteiger charge is -2.39. The molecule has 1 fully saturated rings. The number of amides is 1. The summed E-state index contributed by atoms with van der Waals surface area (Å²) >= 11 is 0. The normalized spacial score (nSPS) is 16.2. The number of aliphatic imine (C=N–C) groups is 1. The molecule has 0 aliphatic carbocycles. The van der Waals surface area contributed by atoms with Crippen molar-refractivity contribution < 1.29 is 14.3 Å². The van der Waals surface area contributed by atoms with Crippen molar-refractivity contribution >= 4 is 36.0 Å². The zero-order valence-corrected chi connectivity index (χ0v) is 21.0. The molecule has 0 spiro atoms. The van der Waals surface area contributed by atoms with Crippen LogP contribution in [0.5, 0.6) is 0 Å². The second-order valence-corrected chi connectivity index (χ2v) is 8.44. The molecule has 0 radical (unpaired) electrons. The molecule has 1 heterocycles. The number of carbonyl (C=O) groups excluding carboxylic acids is 1. The van der Waals surface area contributed by atoms with Gasteiger partial charge in [-0.25, -0.2) is 4.79 Å². The maximum Gasteiger partial charge on any atom is 0.410 e. The Morgan fingerprint density at radius 1 is 1.18 bits per heavy atom. The van der Waals surface area contributed by atoms with E-state index in [1.165, 1.54) is 0 Å². The number of hydrogen-bond acceptors (Lipinski definition) is 5. The van der Waals surface area contributed by atoms with Gasteiger partial charge in [-0.3, -0.25) is 9.89 Å². The van der Waals surface area contributed by atoms with Gasteiger partial charge in [0.2, 0.25) is 0 Å². The number of nitrogens with zero attached hydrogens (tertiary/aromatic N) is 3. The highest BCUT2D eigenvalue weighted by atomic mass is 127. The van der Waals surface area contributed by atoms with Gasteiger partial charge in [0.05, 0.1) is 19.8 Å². The van der Waals surface area contributed by atoms with E-state index >= 15 is 0 Å². The summed E-state index contributed by atoms with van der Waals surface area (Å²) in [5.41, 5.74) is -0.514. The number of hydrogen-bond donors (Lipinski definition) is 2. The minimum Gasteiger partial charge on any atom is -0.444 e. The summed E-state index contributed by atoms with van der Waals surface area (Å²) in [6.45, 7) is 18.1. The van der Waals surface area contributed by atoms with Crippen LogP contribution in [0.15, 0.2) is 4.99 Å². The van der Waals surface area contributed by atoms with Crippen molar-refractivity contribution in [3.8, 4) is 0 Å². The highest BCUT2D eigenvalue weighted by molar-refractivity contribution is 14.0. The Hall–Kier alpha value is -0.810. The summed E-state index contributed by atoms with van der Waals surface area (Å²) in [4.78, 5) is 20.7. The number of rotatable bonds is 7. The van der Waals surface area contributed by atoms with E-state index in [1.807, 2.05) is 27.7 Å². The van der Waals surface area contributed by atoms with Gasteiger partial charge in [0.15, 0.2) is 5.96 Å². The van der Waals surface area contributed by atoms with Crippen molar-refractivity contribution in [3.63, 3.8) is 0 Å². The van der Waals surface area contributed by atoms with E-state index in [0.717, 1.165) is 38.8 Å². The number of morpholine rings is 1. The van der Waals surface area contributed by atoms with E-state index in [2.05, 4.69) is 29.4 Å². The fourth-order valence-corrected chi connectivity index (χ4v) is 2.66. The molecule has 0 aromatic carbocycles. The van der Waals surface area contributed by atoms with Gasteiger partial charge in [-0.1, -0.05) is 0 Å². The first-order valence-electron chi connectivity index (χ1n) is 9.84. The number of guanidine groups is 1. The molecule has 0 aromatic heterocycles. The molecule has 2 N–H and O–H groups in total. The molecule has 1 rings (SSSR count). The number of carbonyl (C=O) groups is 1. The van der Waals surface area contributed by atoms with Crippen molar-refractivity contribution in [2.75, 3.05) is 59.5 Å². The fourth-order valence-electron chi connectivity index (χ4n) is 2.66. The number of likely N-dealkylation sites (N-methyl/N-ethyl adjacent to an activating group) is 1. The van der Waals surface area contributed by atoms with Crippen LogP contribution in [0.4, 0.5) is 4.79 Å². The molecule has 0 saturated carbocycles. The molecule has 166 valence electrons. The number of halogens is 1. The van der Waals surface area contributed by atoms with Crippen molar-refractivity contribution in [1.82, 2.24) is 20.4 Å². The van der Waals surface area contributed by atoms with Gasteiger partial charge in [-0.15, -0.1) is 24.0 Å². The molecule has 1 amide bonds. The predicted octanol–water partition coefficient (Wildman–Crippen LogP) is 2.14. The number of nitrogens with one attached hydrogen (secondary N) is 2. The standard InChI is InChI=1S/C19H39N5O3.HI/c1-8-20-16(21-9-10-23(7)17(25)27-18(2,3)4)22-15-19(5,6)24-11-13-26-14-12-24;/h8-15H2,1-7H3,(H2,20,21,22);1H. The van der Waals surface area contributed by atoms with Gasteiger partial charge in [0, 0.05) is 45.3 Å². The van der Waals surface area contributed by atoms with Crippen LogP contribution in [0.3, 0.4) is 0 Å². The van der Waals surface area contributed by atoms with Gasteiger partial charge in [-0.05, 0) is 41.5 Å². The van der Waals surface area contributed by atoms with Crippen LogP contribution in [0.1, 0.15) is 41.5 Å². The highest BCUT2D eigenvalue weighted by Gasteiger charge is 2.28. The van der Waals surface area contributed by atoms with E-state index in [0.29, 0.717) is 19.6 Å². The summed E-state index contributed by atoms with van der Waals surface area (Å²) < 4.78 is 10.8. The van der Waals surface area contributed by atoms with Crippen LogP contribution in [0, 0.1) is 0 Å². The van der Waals surface area contributed by atoms with Crippen molar-refractivity contribution in [3.05, 3.63) is 0 Å². The molecular formula is C19H40IN5O3. The molecule has 0 bridgehead atoms. The Bertz CT molecular complexity index is 488. The minimum atomic E-state index is -0.486. The Morgan fingerprint density at radius 3 is 2.32 bits per heavy atom. The van der Waals surface area contributed by atoms with E-state index in [-0.39, 0.29) is 35.6 Å². The summed E-state index contributed by atoms with van der Waals surface area (Å²) in [7, 11) is 1.74. The van der Waals surface area contributed by atoms with Crippen LogP contribution in [0.25, 0.3) is 0 Å². The quantitative estimate of drug-likeness (QED) is 0.309. The largest absolute Gasteiger partial charge is 0.444 e. The third kappa shape index (κ3) is 10.7. The van der Waals surface area contributed by atoms with Crippen LogP contribution < -0.4 is 10.6 Å². The first-order chi connectivity index (χ1) is 12.5. The Kier molecular flexibility index (Phi) is 12.3. The summed E-state index contributed by atoms with van der Waals surface area (Å²) in [5, 5.41) is 6.55. The van der Waals surface area contributed by atoms with E-state index in [9.17, 15) is 4.79 Å². The average Bonchev–Trinajstić information content (AvgIpc) is 2.59. The van der Waals surface area contributed by atoms with Gasteiger partial charge < -0.3 is 25.0 Å². The van der Waals surface area contributed by atoms with Crippen LogP contribution in [-0.2, 0) is 9.47 Å². The van der Waals surface area contributed by atoms with Crippen molar-refractivity contribution in [1.29, 1.82) is 0 Å². The lowest BCUT2D eigenvalue weighted by molar-refractivity contribution is -0.00683. The third-order valence-corrected chi connectivity index (χ3v) is 4.28. The maximum absolute atomic E-state index is 12.0. The summed E-state index contributed by atoms with van der Waals surface area (Å²) in [6, 6.07) is 0. The van der Waals surface area contributed by atoms with Crippen molar-refractivity contribution in [2.45, 2.75) is 52.7 Å². The van der Waals surface area contributed by atoms with E-state index in [1.54, 1.807) is 11.9 Å². The Labute approximate surface area is 187 Å². The molecular weight excluding hydrogens is 473 g/mol. The molecule has 9 heteroatoms. The van der Waals surface area contributed by atoms with Gasteiger partial charge in [0.1, 0.15) is 5.60 Å². The molecule has 28 heavy (non-hydrogen) atoms. The molecule has 1 saturated heterocycles. The SMILES string of the molecule is CCNC(=NCC(C)(C)N1CCOCC1)NCCN(C)C(=O)OC(C)(C)C.I. The topological polar surface area (TPSA) is 78.4 Å². The van der Waals surface area contributed by atoms with E-state index in [4.69, 9.17) is 14.5 Å². The summed E-state index contributed by atoms with van der Waals surface area (Å²) in [5.74, 6) is 0.761. The highest BCUT2D eigenvalue weighted by Crippen LogP contribution is 2.16. The first-order valence-corrected chi connectivity index (χ1v) is 9.84. The second-order valence-electron chi connectivity index (χ2n) is 8.44. The van der Waals surface area contributed by atoms with Gasteiger partial charge in [0.25, 0.3) is 0 Å². The fraction of sp³-hybridized carbons (Fsp3) is 0.895. The lowest BCUT2D eigenvalue weighted by atomic mass is 10.0. The summed E-state index contributed by atoms with van der Waals surface area (Å²) in [6.07, 6.45) is -0.320. The van der Waals surface area contributed by atoms with Gasteiger partial charge in [-0.2, -0.15) is 0 Å².